The van der Waals surface area contributed by atoms with Crippen molar-refractivity contribution in [2.75, 3.05) is 5.73 Å². The number of nitrogen functional groups attached to an aromatic ring is 1. The van der Waals surface area contributed by atoms with Gasteiger partial charge in [-0.1, -0.05) is 12.5 Å². The van der Waals surface area contributed by atoms with Crippen LogP contribution >= 0.6 is 0 Å². The topological polar surface area (TPSA) is 103 Å². The normalized spacial score (nSPS) is 14.2. The van der Waals surface area contributed by atoms with Crippen molar-refractivity contribution in [3.63, 3.8) is 0 Å². The van der Waals surface area contributed by atoms with Crippen LogP contribution in [-0.2, 0) is 0 Å². The molecule has 0 aliphatic heterocycles. The van der Waals surface area contributed by atoms with E-state index >= 15 is 4.39 Å². The highest BCUT2D eigenvalue weighted by Crippen LogP contribution is 2.44. The molecule has 0 radical (unpaired) electrons. The van der Waals surface area contributed by atoms with E-state index in [1.165, 1.54) is 6.20 Å². The summed E-state index contributed by atoms with van der Waals surface area (Å²) in [5.74, 6) is 0.150. The highest BCUT2D eigenvalue weighted by atomic mass is 19.1. The molecule has 0 spiro atoms. The van der Waals surface area contributed by atoms with E-state index in [1.54, 1.807) is 24.4 Å². The fourth-order valence-corrected chi connectivity index (χ4v) is 3.40. The Labute approximate surface area is 159 Å². The number of nitrogens with one attached hydrogen (secondary N) is 1. The third kappa shape index (κ3) is 2.83. The monoisotopic (exact) mass is 376 g/mol. The first-order valence-electron chi connectivity index (χ1n) is 9.09. The summed E-state index contributed by atoms with van der Waals surface area (Å²) in [6.07, 6.45) is 6.38. The van der Waals surface area contributed by atoms with E-state index in [4.69, 9.17) is 10.5 Å². The number of halogens is 1. The molecule has 3 aromatic heterocycles. The Morgan fingerprint density at radius 2 is 2.04 bits per heavy atom. The van der Waals surface area contributed by atoms with Crippen LogP contribution in [0, 0.1) is 5.82 Å². The fourth-order valence-electron chi connectivity index (χ4n) is 3.40. The van der Waals surface area contributed by atoms with Crippen LogP contribution in [0.4, 0.5) is 10.2 Å². The highest BCUT2D eigenvalue weighted by molar-refractivity contribution is 5.80. The van der Waals surface area contributed by atoms with Gasteiger partial charge in [0.1, 0.15) is 5.82 Å². The van der Waals surface area contributed by atoms with Crippen molar-refractivity contribution in [3.05, 3.63) is 54.1 Å². The molecular weight excluding hydrogens is 359 g/mol. The van der Waals surface area contributed by atoms with Crippen LogP contribution in [0.1, 0.15) is 30.7 Å². The van der Waals surface area contributed by atoms with Crippen molar-refractivity contribution in [3.8, 4) is 23.0 Å². The minimum Gasteiger partial charge on any atom is -0.421 e. The number of nitrogens with zero attached hydrogens (tertiary/aromatic N) is 4. The lowest BCUT2D eigenvalue weighted by molar-refractivity contribution is 0.371. The van der Waals surface area contributed by atoms with Gasteiger partial charge in [-0.15, -0.1) is 10.2 Å². The second-order valence-electron chi connectivity index (χ2n) is 6.85. The fraction of sp³-hybridized carbons (Fsp3) is 0.200. The van der Waals surface area contributed by atoms with Gasteiger partial charge in [0.05, 0.1) is 5.69 Å². The number of rotatable bonds is 4. The second-order valence-corrected chi connectivity index (χ2v) is 6.85. The number of hydrogen-bond donors (Lipinski definition) is 2. The Morgan fingerprint density at radius 1 is 1.14 bits per heavy atom. The summed E-state index contributed by atoms with van der Waals surface area (Å²) < 4.78 is 21.3. The molecule has 3 heterocycles. The first-order chi connectivity index (χ1) is 13.7. The third-order valence-electron chi connectivity index (χ3n) is 5.10. The van der Waals surface area contributed by atoms with Gasteiger partial charge >= 0.3 is 6.01 Å². The lowest BCUT2D eigenvalue weighted by Gasteiger charge is -2.28. The zero-order valence-electron chi connectivity index (χ0n) is 14.9. The van der Waals surface area contributed by atoms with Crippen LogP contribution in [0.3, 0.4) is 0 Å². The van der Waals surface area contributed by atoms with E-state index in [0.29, 0.717) is 16.9 Å². The molecule has 0 atom stereocenters. The van der Waals surface area contributed by atoms with E-state index in [-0.39, 0.29) is 23.5 Å². The standard InChI is InChI=1S/C20H17FN6O/c21-17-14(15-10-12-6-8-23-19(12)27-26-15)5-4-13(11-2-1-3-11)18(17)28-20-24-9-7-16(22)25-20/h4-11H,1-3H2,(H,23,27)(H2,22,24,25). The maximum absolute atomic E-state index is 15.6. The van der Waals surface area contributed by atoms with Crippen LogP contribution in [0.15, 0.2) is 42.7 Å². The summed E-state index contributed by atoms with van der Waals surface area (Å²) in [7, 11) is 0. The molecular formula is C20H17FN6O. The van der Waals surface area contributed by atoms with E-state index in [1.807, 2.05) is 12.1 Å². The van der Waals surface area contributed by atoms with Gasteiger partial charge in [0.2, 0.25) is 0 Å². The van der Waals surface area contributed by atoms with Crippen LogP contribution in [-0.4, -0.2) is 25.1 Å². The number of aromatic amines is 1. The lowest BCUT2D eigenvalue weighted by atomic mass is 9.79. The minimum absolute atomic E-state index is 0.0174. The zero-order chi connectivity index (χ0) is 19.1. The average molecular weight is 376 g/mol. The molecule has 1 aromatic carbocycles. The Morgan fingerprint density at radius 3 is 2.82 bits per heavy atom. The summed E-state index contributed by atoms with van der Waals surface area (Å²) in [6, 6.07) is 8.86. The molecule has 3 N–H and O–H groups in total. The second kappa shape index (κ2) is 6.56. The molecule has 5 rings (SSSR count). The SMILES string of the molecule is Nc1ccnc(Oc2c(C3CCC3)ccc(-c3cc4cc[nH]c4nn3)c2F)n1. The molecule has 0 bridgehead atoms. The van der Waals surface area contributed by atoms with Gasteiger partial charge in [0.25, 0.3) is 0 Å². The molecule has 0 amide bonds. The maximum Gasteiger partial charge on any atom is 0.323 e. The molecule has 1 saturated carbocycles. The van der Waals surface area contributed by atoms with Crippen molar-refractivity contribution in [2.45, 2.75) is 25.2 Å². The molecule has 0 unspecified atom stereocenters. The Bertz CT molecular complexity index is 1170. The van der Waals surface area contributed by atoms with Crippen molar-refractivity contribution in [2.24, 2.45) is 0 Å². The number of anilines is 1. The number of nitrogens with two attached hydrogens (primary N) is 1. The smallest absolute Gasteiger partial charge is 0.323 e. The lowest BCUT2D eigenvalue weighted by Crippen LogP contribution is -2.12. The predicted molar refractivity (Wildman–Crippen MR) is 102 cm³/mol. The van der Waals surface area contributed by atoms with Gasteiger partial charge in [-0.05, 0) is 43.0 Å². The van der Waals surface area contributed by atoms with Gasteiger partial charge < -0.3 is 15.5 Å². The molecule has 28 heavy (non-hydrogen) atoms. The number of aromatic nitrogens is 5. The van der Waals surface area contributed by atoms with E-state index in [2.05, 4.69) is 25.1 Å². The predicted octanol–water partition coefficient (Wildman–Crippen LogP) is 4.20. The summed E-state index contributed by atoms with van der Waals surface area (Å²) in [6.45, 7) is 0. The first-order valence-corrected chi connectivity index (χ1v) is 9.09. The molecule has 1 aliphatic rings. The van der Waals surface area contributed by atoms with Crippen molar-refractivity contribution < 1.29 is 9.13 Å². The van der Waals surface area contributed by atoms with E-state index in [0.717, 1.165) is 30.2 Å². The first kappa shape index (κ1) is 16.6. The summed E-state index contributed by atoms with van der Waals surface area (Å²) in [5.41, 5.74) is 7.92. The van der Waals surface area contributed by atoms with Crippen molar-refractivity contribution in [1.29, 1.82) is 0 Å². The Kier molecular flexibility index (Phi) is 3.89. The van der Waals surface area contributed by atoms with Crippen LogP contribution in [0.2, 0.25) is 0 Å². The Hall–Kier alpha value is -3.55. The quantitative estimate of drug-likeness (QED) is 0.553. The van der Waals surface area contributed by atoms with Crippen molar-refractivity contribution in [1.82, 2.24) is 25.1 Å². The molecule has 140 valence electrons. The highest BCUT2D eigenvalue weighted by Gasteiger charge is 2.27. The van der Waals surface area contributed by atoms with Gasteiger partial charge in [-0.25, -0.2) is 9.37 Å². The Balaban J connectivity index is 1.62. The minimum atomic E-state index is -0.500. The van der Waals surface area contributed by atoms with Crippen LogP contribution in [0.25, 0.3) is 22.3 Å². The molecule has 7 nitrogen and oxygen atoms in total. The van der Waals surface area contributed by atoms with Crippen LogP contribution in [0.5, 0.6) is 11.8 Å². The van der Waals surface area contributed by atoms with Crippen molar-refractivity contribution >= 4 is 16.9 Å². The largest absolute Gasteiger partial charge is 0.421 e. The van der Waals surface area contributed by atoms with Gasteiger partial charge in [-0.3, -0.25) is 0 Å². The summed E-state index contributed by atoms with van der Waals surface area (Å²) in [4.78, 5) is 11.1. The number of fused-ring (bicyclic) bond motifs is 1. The number of ether oxygens (including phenoxy) is 1. The van der Waals surface area contributed by atoms with Gasteiger partial charge in [-0.2, -0.15) is 4.98 Å². The number of H-pyrrole nitrogens is 1. The molecule has 0 saturated heterocycles. The van der Waals surface area contributed by atoms with E-state index in [9.17, 15) is 0 Å². The summed E-state index contributed by atoms with van der Waals surface area (Å²) in [5, 5.41) is 9.12. The molecule has 8 heteroatoms. The third-order valence-corrected chi connectivity index (χ3v) is 5.10. The van der Waals surface area contributed by atoms with Gasteiger partial charge in [0.15, 0.2) is 17.2 Å². The molecule has 4 aromatic rings. The average Bonchev–Trinajstić information content (AvgIpc) is 3.11. The summed E-state index contributed by atoms with van der Waals surface area (Å²) >= 11 is 0. The molecule has 1 aliphatic carbocycles. The zero-order valence-corrected chi connectivity index (χ0v) is 14.9. The number of hydrogen-bond acceptors (Lipinski definition) is 6. The van der Waals surface area contributed by atoms with Gasteiger partial charge in [0, 0.05) is 28.9 Å². The molecule has 1 fully saturated rings. The van der Waals surface area contributed by atoms with Crippen LogP contribution < -0.4 is 10.5 Å². The number of benzene rings is 1. The van der Waals surface area contributed by atoms with E-state index < -0.39 is 5.82 Å². The maximum atomic E-state index is 15.6.